The minimum absolute atomic E-state index is 0.00962. The van der Waals surface area contributed by atoms with E-state index in [1.165, 1.54) is 6.07 Å². The van der Waals surface area contributed by atoms with Crippen molar-refractivity contribution < 1.29 is 47.7 Å². The molecule has 0 bridgehead atoms. The summed E-state index contributed by atoms with van der Waals surface area (Å²) in [7, 11) is -4.10. The van der Waals surface area contributed by atoms with Crippen LogP contribution in [0.1, 0.15) is 53.4 Å². The Hall–Kier alpha value is -3.60. The van der Waals surface area contributed by atoms with E-state index in [-0.39, 0.29) is 33.6 Å². The Balaban J connectivity index is 0.000000281. The number of rotatable bonds is 11. The summed E-state index contributed by atoms with van der Waals surface area (Å²) in [6.07, 6.45) is 2.40. The maximum atomic E-state index is 14.3. The molecule has 4 rings (SSSR count). The molecule has 1 aliphatic heterocycles. The third-order valence-electron chi connectivity index (χ3n) is 5.93. The van der Waals surface area contributed by atoms with Crippen molar-refractivity contribution in [2.75, 3.05) is 41.5 Å². The number of anilines is 3. The molecule has 2 aromatic rings. The van der Waals surface area contributed by atoms with Gasteiger partial charge in [0.25, 0.3) is 0 Å². The molecule has 2 fully saturated rings. The summed E-state index contributed by atoms with van der Waals surface area (Å²) in [5.74, 6) is -1.48. The third-order valence-corrected chi connectivity index (χ3v) is 7.03. The number of hydrogen-bond acceptors (Lipinski definition) is 12. The number of halogens is 3. The number of carboxylic acid groups (broad SMARTS) is 1. The first kappa shape index (κ1) is 39.6. The maximum absolute atomic E-state index is 14.3. The minimum atomic E-state index is -4.10. The van der Waals surface area contributed by atoms with Crippen molar-refractivity contribution in [1.29, 1.82) is 0 Å². The number of hydrogen-bond donors (Lipinski definition) is 6. The zero-order valence-electron chi connectivity index (χ0n) is 26.0. The molecule has 0 radical (unpaired) electrons. The smallest absolute Gasteiger partial charge is 0.427 e. The average molecular weight is 725 g/mol. The summed E-state index contributed by atoms with van der Waals surface area (Å²) in [5, 5.41) is 16.3. The van der Waals surface area contributed by atoms with Crippen molar-refractivity contribution in [1.82, 2.24) is 20.3 Å². The van der Waals surface area contributed by atoms with Gasteiger partial charge in [-0.05, 0) is 76.6 Å². The van der Waals surface area contributed by atoms with Gasteiger partial charge in [0.1, 0.15) is 11.6 Å². The van der Waals surface area contributed by atoms with E-state index < -0.39 is 44.2 Å². The van der Waals surface area contributed by atoms with Crippen molar-refractivity contribution >= 4 is 66.4 Å². The lowest BCUT2D eigenvalue weighted by atomic mass is 10.2. The highest BCUT2D eigenvalue weighted by Crippen LogP contribution is 2.37. The number of nitrogens with one attached hydrogen (secondary N) is 3. The Kier molecular flexibility index (Phi) is 15.7. The standard InChI is InChI=1S/C17H17ClFNO4.C7H12ClN5.C3H8NO5P/c1-9(2)15-16(21)20(17(22)24-15)13-8-14(11(18)7-12(13)19)23-10-5-3-4-6-10;1-3-9-6-11-5(8)12-7(13-6)10-4-2;5-3(6)1-4-2-10(7,8)9/h7-8,10H,3-6H2,1-2H3;3-4H2,1-2H3,(H2,9,10,11,12,13);4H,1-2H2,(H,5,6)(H2,7,8,9). The number of imide groups is 1. The molecule has 1 aromatic carbocycles. The molecule has 0 spiro atoms. The summed E-state index contributed by atoms with van der Waals surface area (Å²) >= 11 is 11.7. The quantitative estimate of drug-likeness (QED) is 0.136. The van der Waals surface area contributed by atoms with Crippen LogP contribution in [-0.4, -0.2) is 79.8 Å². The Bertz CT molecular complexity index is 1480. The van der Waals surface area contributed by atoms with Gasteiger partial charge >= 0.3 is 25.6 Å². The average Bonchev–Trinajstić information content (AvgIpc) is 3.57. The van der Waals surface area contributed by atoms with Crippen LogP contribution in [0.3, 0.4) is 0 Å². The number of allylic oxidation sites excluding steroid dienone is 1. The summed E-state index contributed by atoms with van der Waals surface area (Å²) in [6, 6.07) is 2.32. The van der Waals surface area contributed by atoms with Crippen LogP contribution in [0.25, 0.3) is 0 Å². The van der Waals surface area contributed by atoms with Crippen LogP contribution < -0.4 is 25.6 Å². The van der Waals surface area contributed by atoms with E-state index >= 15 is 0 Å². The second-order valence-electron chi connectivity index (χ2n) is 10.1. The molecule has 0 unspecified atom stereocenters. The monoisotopic (exact) mass is 723 g/mol. The second-order valence-corrected chi connectivity index (χ2v) is 12.4. The normalized spacial score (nSPS) is 14.5. The molecule has 2 aliphatic rings. The molecule has 1 saturated heterocycles. The summed E-state index contributed by atoms with van der Waals surface area (Å²) in [5.41, 5.74) is 0.311. The molecule has 47 heavy (non-hydrogen) atoms. The number of benzene rings is 1. The third kappa shape index (κ3) is 13.2. The van der Waals surface area contributed by atoms with Gasteiger partial charge in [0.15, 0.2) is 5.76 Å². The first-order valence-electron chi connectivity index (χ1n) is 14.3. The second kappa shape index (κ2) is 18.7. The number of carbonyl (C=O) groups excluding carboxylic acids is 2. The summed E-state index contributed by atoms with van der Waals surface area (Å²) in [4.78, 5) is 63.0. The van der Waals surface area contributed by atoms with Crippen molar-refractivity contribution in [2.45, 2.75) is 59.5 Å². The van der Waals surface area contributed by atoms with Crippen LogP contribution in [0.15, 0.2) is 23.5 Å². The fraction of sp³-hybridized carbons (Fsp3) is 0.481. The molecule has 1 aliphatic carbocycles. The highest BCUT2D eigenvalue weighted by atomic mass is 35.5. The van der Waals surface area contributed by atoms with Crippen molar-refractivity contribution in [3.05, 3.63) is 39.6 Å². The first-order valence-corrected chi connectivity index (χ1v) is 16.9. The van der Waals surface area contributed by atoms with Gasteiger partial charge in [0, 0.05) is 19.2 Å². The molecular formula is C27H37Cl2FN7O9P. The number of ether oxygens (including phenoxy) is 2. The van der Waals surface area contributed by atoms with Crippen molar-refractivity contribution in [3.63, 3.8) is 0 Å². The largest absolute Gasteiger partial charge is 0.489 e. The molecule has 2 amide bonds. The lowest BCUT2D eigenvalue weighted by molar-refractivity contribution is -0.135. The number of aromatic nitrogens is 3. The number of carbonyl (C=O) groups is 3. The molecule has 1 saturated carbocycles. The van der Waals surface area contributed by atoms with E-state index in [1.807, 2.05) is 13.8 Å². The highest BCUT2D eigenvalue weighted by molar-refractivity contribution is 7.51. The van der Waals surface area contributed by atoms with Gasteiger partial charge in [-0.25, -0.2) is 14.1 Å². The van der Waals surface area contributed by atoms with E-state index in [4.69, 9.17) is 47.6 Å². The van der Waals surface area contributed by atoms with E-state index in [9.17, 15) is 23.3 Å². The van der Waals surface area contributed by atoms with Gasteiger partial charge in [-0.3, -0.25) is 19.5 Å². The van der Waals surface area contributed by atoms with Gasteiger partial charge in [0.05, 0.1) is 29.6 Å². The zero-order valence-corrected chi connectivity index (χ0v) is 28.5. The van der Waals surface area contributed by atoms with Crippen molar-refractivity contribution in [3.8, 4) is 5.75 Å². The van der Waals surface area contributed by atoms with Crippen LogP contribution >= 0.6 is 30.8 Å². The van der Waals surface area contributed by atoms with Crippen molar-refractivity contribution in [2.24, 2.45) is 0 Å². The number of nitrogens with zero attached hydrogens (tertiary/aromatic N) is 4. The Morgan fingerprint density at radius 1 is 1.09 bits per heavy atom. The van der Waals surface area contributed by atoms with Crippen LogP contribution in [0.2, 0.25) is 10.3 Å². The lowest BCUT2D eigenvalue weighted by Crippen LogP contribution is -2.29. The predicted octanol–water partition coefficient (Wildman–Crippen LogP) is 4.76. The highest BCUT2D eigenvalue weighted by Gasteiger charge is 2.40. The number of amides is 2. The first-order chi connectivity index (χ1) is 22.1. The number of aliphatic carboxylic acids is 1. The molecule has 1 aromatic heterocycles. The molecule has 20 heteroatoms. The minimum Gasteiger partial charge on any atom is -0.489 e. The van der Waals surface area contributed by atoms with E-state index in [0.29, 0.717) is 22.4 Å². The predicted molar refractivity (Wildman–Crippen MR) is 172 cm³/mol. The van der Waals surface area contributed by atoms with Gasteiger partial charge in [0.2, 0.25) is 17.2 Å². The van der Waals surface area contributed by atoms with Crippen LogP contribution in [0, 0.1) is 5.82 Å². The van der Waals surface area contributed by atoms with E-state index in [2.05, 4.69) is 30.9 Å². The molecule has 16 nitrogen and oxygen atoms in total. The SMILES string of the molecule is CC(C)=C1OC(=O)N(c2cc(OC3CCCC3)c(Cl)cc2F)C1=O.CCNc1nc(Cl)nc(NCC)n1.O=C(O)CNCP(=O)(O)O. The van der Waals surface area contributed by atoms with E-state index in [0.717, 1.165) is 44.8 Å². The summed E-state index contributed by atoms with van der Waals surface area (Å²) in [6.45, 7) is 8.27. The molecular weight excluding hydrogens is 687 g/mol. The Morgan fingerprint density at radius 3 is 2.13 bits per heavy atom. The Morgan fingerprint density at radius 2 is 1.66 bits per heavy atom. The van der Waals surface area contributed by atoms with Crippen LogP contribution in [0.5, 0.6) is 5.75 Å². The molecule has 0 atom stereocenters. The van der Waals surface area contributed by atoms with Gasteiger partial charge in [-0.15, -0.1) is 0 Å². The molecule has 6 N–H and O–H groups in total. The molecule has 2 heterocycles. The molecule has 260 valence electrons. The van der Waals surface area contributed by atoms with E-state index in [1.54, 1.807) is 13.8 Å². The number of carboxylic acids is 1. The fourth-order valence-corrected chi connectivity index (χ4v) is 4.74. The van der Waals surface area contributed by atoms with Crippen LogP contribution in [-0.2, 0) is 18.9 Å². The van der Waals surface area contributed by atoms with Gasteiger partial charge in [-0.2, -0.15) is 15.0 Å². The summed E-state index contributed by atoms with van der Waals surface area (Å²) < 4.78 is 35.1. The Labute approximate surface area is 280 Å². The fourth-order valence-electron chi connectivity index (χ4n) is 3.98. The van der Waals surface area contributed by atoms with Gasteiger partial charge < -0.3 is 35.0 Å². The van der Waals surface area contributed by atoms with Gasteiger partial charge in [-0.1, -0.05) is 11.6 Å². The maximum Gasteiger partial charge on any atom is 0.427 e. The number of cyclic esters (lactones) is 1. The topological polar surface area (TPSA) is 225 Å². The zero-order chi connectivity index (χ0) is 35.3. The van der Waals surface area contributed by atoms with Crippen LogP contribution in [0.4, 0.5) is 26.8 Å². The lowest BCUT2D eigenvalue weighted by Gasteiger charge is -2.18.